The predicted molar refractivity (Wildman–Crippen MR) is 106 cm³/mol. The van der Waals surface area contributed by atoms with E-state index in [1.165, 1.54) is 13.2 Å². The number of carbonyl (C=O) groups is 1. The standard InChI is InChI=1S/C21H26N2O5/c1-14-11-17(13-20(24)22(14)2)28-15-7-9-23(10-8-15)21(25)18-6-5-16(26-3)12-19(18)27-4/h5-6,11-13,15H,7-10H2,1-4H3. The number of aryl methyl sites for hydroxylation is 1. The zero-order valence-corrected chi connectivity index (χ0v) is 16.7. The van der Waals surface area contributed by atoms with E-state index in [-0.39, 0.29) is 17.6 Å². The second-order valence-corrected chi connectivity index (χ2v) is 6.91. The maximum absolute atomic E-state index is 12.9. The predicted octanol–water partition coefficient (Wildman–Crippen LogP) is 2.39. The minimum Gasteiger partial charge on any atom is -0.497 e. The highest BCUT2D eigenvalue weighted by Gasteiger charge is 2.26. The number of likely N-dealkylation sites (tertiary alicyclic amines) is 1. The zero-order chi connectivity index (χ0) is 20.3. The highest BCUT2D eigenvalue weighted by molar-refractivity contribution is 5.97. The number of nitrogens with zero attached hydrogens (tertiary/aromatic N) is 2. The van der Waals surface area contributed by atoms with Crippen molar-refractivity contribution in [3.8, 4) is 17.2 Å². The van der Waals surface area contributed by atoms with E-state index < -0.39 is 0 Å². The highest BCUT2D eigenvalue weighted by Crippen LogP contribution is 2.27. The number of amides is 1. The fraction of sp³-hybridized carbons (Fsp3) is 0.429. The van der Waals surface area contributed by atoms with Gasteiger partial charge in [0.25, 0.3) is 11.5 Å². The van der Waals surface area contributed by atoms with Crippen LogP contribution in [0, 0.1) is 6.92 Å². The Morgan fingerprint density at radius 1 is 1.04 bits per heavy atom. The summed E-state index contributed by atoms with van der Waals surface area (Å²) in [7, 11) is 4.85. The van der Waals surface area contributed by atoms with Gasteiger partial charge >= 0.3 is 0 Å². The molecule has 28 heavy (non-hydrogen) atoms. The molecule has 150 valence electrons. The summed E-state index contributed by atoms with van der Waals surface area (Å²) in [6.45, 7) is 3.04. The number of hydrogen-bond donors (Lipinski definition) is 0. The zero-order valence-electron chi connectivity index (χ0n) is 16.7. The number of rotatable bonds is 5. The van der Waals surface area contributed by atoms with Gasteiger partial charge in [0.15, 0.2) is 0 Å². The third-order valence-corrected chi connectivity index (χ3v) is 5.15. The van der Waals surface area contributed by atoms with Crippen molar-refractivity contribution in [1.82, 2.24) is 9.47 Å². The van der Waals surface area contributed by atoms with E-state index in [2.05, 4.69) is 0 Å². The Bertz CT molecular complexity index is 913. The van der Waals surface area contributed by atoms with E-state index in [1.807, 2.05) is 13.0 Å². The number of methoxy groups -OCH3 is 2. The molecule has 1 fully saturated rings. The van der Waals surface area contributed by atoms with Gasteiger partial charge < -0.3 is 23.7 Å². The van der Waals surface area contributed by atoms with Gasteiger partial charge in [0.1, 0.15) is 23.4 Å². The number of aromatic nitrogens is 1. The Morgan fingerprint density at radius 2 is 1.75 bits per heavy atom. The number of pyridine rings is 1. The summed E-state index contributed by atoms with van der Waals surface area (Å²) in [6, 6.07) is 8.56. The Kier molecular flexibility index (Phi) is 5.92. The van der Waals surface area contributed by atoms with Gasteiger partial charge in [-0.25, -0.2) is 0 Å². The van der Waals surface area contributed by atoms with Crippen LogP contribution in [0.25, 0.3) is 0 Å². The highest BCUT2D eigenvalue weighted by atomic mass is 16.5. The van der Waals surface area contributed by atoms with Crippen molar-refractivity contribution in [1.29, 1.82) is 0 Å². The van der Waals surface area contributed by atoms with Gasteiger partial charge in [-0.05, 0) is 25.1 Å². The van der Waals surface area contributed by atoms with Crippen molar-refractivity contribution in [2.45, 2.75) is 25.9 Å². The maximum atomic E-state index is 12.9. The van der Waals surface area contributed by atoms with Crippen molar-refractivity contribution in [2.24, 2.45) is 7.05 Å². The lowest BCUT2D eigenvalue weighted by molar-refractivity contribution is 0.0592. The first-order chi connectivity index (χ1) is 13.4. The lowest BCUT2D eigenvalue weighted by Gasteiger charge is -2.32. The third kappa shape index (κ3) is 4.13. The van der Waals surface area contributed by atoms with Crippen molar-refractivity contribution < 1.29 is 19.0 Å². The molecule has 1 aliphatic rings. The van der Waals surface area contributed by atoms with Gasteiger partial charge in [-0.2, -0.15) is 0 Å². The molecule has 0 atom stereocenters. The summed E-state index contributed by atoms with van der Waals surface area (Å²) in [4.78, 5) is 26.6. The average Bonchev–Trinajstić information content (AvgIpc) is 2.71. The molecule has 2 aromatic rings. The van der Waals surface area contributed by atoms with Crippen molar-refractivity contribution >= 4 is 5.91 Å². The van der Waals surface area contributed by atoms with Crippen LogP contribution in [0.4, 0.5) is 0 Å². The van der Waals surface area contributed by atoms with Crippen LogP contribution in [-0.4, -0.2) is 48.8 Å². The molecule has 2 heterocycles. The number of hydrogen-bond acceptors (Lipinski definition) is 5. The molecule has 0 aliphatic carbocycles. The summed E-state index contributed by atoms with van der Waals surface area (Å²) >= 11 is 0. The topological polar surface area (TPSA) is 70.0 Å². The van der Waals surface area contributed by atoms with E-state index in [4.69, 9.17) is 14.2 Å². The van der Waals surface area contributed by atoms with Crippen LogP contribution in [0.3, 0.4) is 0 Å². The molecule has 0 unspecified atom stereocenters. The van der Waals surface area contributed by atoms with Crippen LogP contribution in [0.15, 0.2) is 35.1 Å². The summed E-state index contributed by atoms with van der Waals surface area (Å²) in [5, 5.41) is 0. The molecular formula is C21H26N2O5. The molecule has 0 bridgehead atoms. The second kappa shape index (κ2) is 8.37. The van der Waals surface area contributed by atoms with Crippen molar-refractivity contribution in [2.75, 3.05) is 27.3 Å². The van der Waals surface area contributed by atoms with Gasteiger partial charge in [0.05, 0.1) is 19.8 Å². The molecule has 0 spiro atoms. The fourth-order valence-corrected chi connectivity index (χ4v) is 3.32. The summed E-state index contributed by atoms with van der Waals surface area (Å²) in [5.74, 6) is 1.66. The van der Waals surface area contributed by atoms with E-state index in [1.54, 1.807) is 41.8 Å². The lowest BCUT2D eigenvalue weighted by Crippen LogP contribution is -2.42. The van der Waals surface area contributed by atoms with Crippen LogP contribution in [0.5, 0.6) is 17.2 Å². The molecule has 0 N–H and O–H groups in total. The van der Waals surface area contributed by atoms with Crippen LogP contribution in [0.2, 0.25) is 0 Å². The molecule has 7 heteroatoms. The van der Waals surface area contributed by atoms with E-state index in [9.17, 15) is 9.59 Å². The number of carbonyl (C=O) groups excluding carboxylic acids is 1. The Morgan fingerprint density at radius 3 is 2.36 bits per heavy atom. The van der Waals surface area contributed by atoms with Crippen LogP contribution in [-0.2, 0) is 7.05 Å². The monoisotopic (exact) mass is 386 g/mol. The van der Waals surface area contributed by atoms with Gasteiger partial charge in [-0.3, -0.25) is 9.59 Å². The molecule has 1 aromatic heterocycles. The Balaban J connectivity index is 1.64. The molecule has 3 rings (SSSR count). The molecule has 0 radical (unpaired) electrons. The first-order valence-corrected chi connectivity index (χ1v) is 9.28. The molecule has 1 aromatic carbocycles. The normalized spacial score (nSPS) is 14.6. The molecule has 1 aliphatic heterocycles. The minimum atomic E-state index is -0.0887. The largest absolute Gasteiger partial charge is 0.497 e. The number of ether oxygens (including phenoxy) is 3. The number of piperidine rings is 1. The van der Waals surface area contributed by atoms with E-state index >= 15 is 0 Å². The summed E-state index contributed by atoms with van der Waals surface area (Å²) in [6.07, 6.45) is 1.39. The van der Waals surface area contributed by atoms with Gasteiger partial charge in [0.2, 0.25) is 0 Å². The molecule has 0 saturated carbocycles. The number of benzene rings is 1. The Hall–Kier alpha value is -2.96. The van der Waals surface area contributed by atoms with Crippen molar-refractivity contribution in [3.63, 3.8) is 0 Å². The van der Waals surface area contributed by atoms with Crippen LogP contribution in [0.1, 0.15) is 28.9 Å². The van der Waals surface area contributed by atoms with Crippen molar-refractivity contribution in [3.05, 3.63) is 51.9 Å². The van der Waals surface area contributed by atoms with E-state index in [0.717, 1.165) is 5.69 Å². The van der Waals surface area contributed by atoms with Gasteiger partial charge in [-0.1, -0.05) is 0 Å². The smallest absolute Gasteiger partial charge is 0.257 e. The molecule has 1 saturated heterocycles. The third-order valence-electron chi connectivity index (χ3n) is 5.15. The summed E-state index contributed by atoms with van der Waals surface area (Å²) < 4.78 is 18.1. The van der Waals surface area contributed by atoms with Gasteiger partial charge in [-0.15, -0.1) is 0 Å². The molecule has 7 nitrogen and oxygen atoms in total. The van der Waals surface area contributed by atoms with Crippen LogP contribution < -0.4 is 19.8 Å². The quantitative estimate of drug-likeness (QED) is 0.789. The first kappa shape index (κ1) is 19.8. The second-order valence-electron chi connectivity index (χ2n) is 6.91. The fourth-order valence-electron chi connectivity index (χ4n) is 3.32. The summed E-state index contributed by atoms with van der Waals surface area (Å²) in [5.41, 5.74) is 1.28. The molecule has 1 amide bonds. The van der Waals surface area contributed by atoms with Gasteiger partial charge in [0, 0.05) is 50.8 Å². The average molecular weight is 386 g/mol. The van der Waals surface area contributed by atoms with Crippen LogP contribution >= 0.6 is 0 Å². The SMILES string of the molecule is COc1ccc(C(=O)N2CCC(Oc3cc(C)n(C)c(=O)c3)CC2)c(OC)c1. The molecular weight excluding hydrogens is 360 g/mol. The van der Waals surface area contributed by atoms with E-state index in [0.29, 0.717) is 48.7 Å². The minimum absolute atomic E-state index is 0.0201. The Labute approximate surface area is 164 Å². The lowest BCUT2D eigenvalue weighted by atomic mass is 10.1. The maximum Gasteiger partial charge on any atom is 0.257 e. The first-order valence-electron chi connectivity index (χ1n) is 9.28.